The molecule has 1 aromatic heterocycles. The van der Waals surface area contributed by atoms with E-state index in [4.69, 9.17) is 5.73 Å². The second-order valence-electron chi connectivity index (χ2n) is 9.81. The number of amides is 1. The van der Waals surface area contributed by atoms with Gasteiger partial charge in [-0.25, -0.2) is 0 Å². The van der Waals surface area contributed by atoms with Crippen molar-refractivity contribution < 1.29 is 22.8 Å². The minimum absolute atomic E-state index is 0.00941. The fourth-order valence-electron chi connectivity index (χ4n) is 5.32. The summed E-state index contributed by atoms with van der Waals surface area (Å²) < 4.78 is 42.9. The first-order valence-electron chi connectivity index (χ1n) is 12.1. The van der Waals surface area contributed by atoms with Crippen molar-refractivity contribution in [1.29, 1.82) is 0 Å². The zero-order chi connectivity index (χ0) is 26.8. The number of likely N-dealkylation sites (tertiary alicyclic amines) is 1. The number of allylic oxidation sites excluding steroid dienone is 3. The number of para-hydroxylation sites is 1. The molecular formula is C27H35F3N4O2. The number of carbonyl (C=O) groups excluding carboxylic acids is 2. The molecule has 3 rings (SSSR count). The molecule has 2 aromatic rings. The molecule has 3 unspecified atom stereocenters. The summed E-state index contributed by atoms with van der Waals surface area (Å²) in [7, 11) is 1.52. The Balaban J connectivity index is 1.94. The summed E-state index contributed by atoms with van der Waals surface area (Å²) in [5.41, 5.74) is 9.29. The summed E-state index contributed by atoms with van der Waals surface area (Å²) in [4.78, 5) is 26.3. The van der Waals surface area contributed by atoms with Gasteiger partial charge in [-0.1, -0.05) is 18.2 Å². The number of nitrogens with two attached hydrogens (primary N) is 1. The van der Waals surface area contributed by atoms with E-state index in [1.54, 1.807) is 19.9 Å². The van der Waals surface area contributed by atoms with Gasteiger partial charge in [0.25, 0.3) is 5.91 Å². The molecule has 9 heteroatoms. The number of halogens is 3. The van der Waals surface area contributed by atoms with E-state index in [9.17, 15) is 22.8 Å². The number of carbonyl (C=O) groups is 2. The van der Waals surface area contributed by atoms with Gasteiger partial charge >= 0.3 is 6.18 Å². The van der Waals surface area contributed by atoms with Crippen molar-refractivity contribution >= 4 is 23.1 Å². The second-order valence-corrected chi connectivity index (χ2v) is 9.81. The summed E-state index contributed by atoms with van der Waals surface area (Å²) in [6.45, 7) is 7.62. The van der Waals surface area contributed by atoms with E-state index in [0.29, 0.717) is 47.4 Å². The zero-order valence-corrected chi connectivity index (χ0v) is 21.4. The standard InChI is InChI=1S/C27H35F3N4O2/c1-16(12-17(2)31)21(15-35)14-32-26(36)25-19(4)34(23-9-7-6-8-22(23)25)18(3)20-10-11-33(5)24(13-20)27(28,29)30/h6-9,12,15,18,20,24H,10-11,13-14,31H2,1-5H3,(H,32,36)/b17-12-,21-16-. The van der Waals surface area contributed by atoms with Crippen LogP contribution in [0.4, 0.5) is 13.2 Å². The Morgan fingerprint density at radius 3 is 2.56 bits per heavy atom. The topological polar surface area (TPSA) is 80.4 Å². The van der Waals surface area contributed by atoms with Crippen LogP contribution < -0.4 is 11.1 Å². The third-order valence-corrected chi connectivity index (χ3v) is 7.29. The average molecular weight is 505 g/mol. The third kappa shape index (κ3) is 5.67. The summed E-state index contributed by atoms with van der Waals surface area (Å²) in [5, 5.41) is 3.56. The molecule has 196 valence electrons. The van der Waals surface area contributed by atoms with Crippen molar-refractivity contribution in [1.82, 2.24) is 14.8 Å². The number of nitrogens with zero attached hydrogens (tertiary/aromatic N) is 2. The minimum atomic E-state index is -4.29. The maximum Gasteiger partial charge on any atom is 0.404 e. The molecule has 3 N–H and O–H groups in total. The number of hydrogen-bond donors (Lipinski definition) is 2. The molecule has 0 spiro atoms. The number of aromatic nitrogens is 1. The lowest BCUT2D eigenvalue weighted by atomic mass is 9.85. The molecule has 1 saturated heterocycles. The van der Waals surface area contributed by atoms with Crippen LogP contribution >= 0.6 is 0 Å². The van der Waals surface area contributed by atoms with Gasteiger partial charge in [-0.05, 0) is 77.8 Å². The third-order valence-electron chi connectivity index (χ3n) is 7.29. The molecular weight excluding hydrogens is 469 g/mol. The molecule has 2 heterocycles. The van der Waals surface area contributed by atoms with Crippen LogP contribution in [0.2, 0.25) is 0 Å². The fourth-order valence-corrected chi connectivity index (χ4v) is 5.32. The molecule has 36 heavy (non-hydrogen) atoms. The molecule has 1 fully saturated rings. The first-order valence-corrected chi connectivity index (χ1v) is 12.1. The largest absolute Gasteiger partial charge is 0.404 e. The predicted octanol–water partition coefficient (Wildman–Crippen LogP) is 4.89. The van der Waals surface area contributed by atoms with Crippen LogP contribution in [0.15, 0.2) is 47.2 Å². The first-order chi connectivity index (χ1) is 16.9. The van der Waals surface area contributed by atoms with Crippen LogP contribution in [-0.2, 0) is 4.79 Å². The highest BCUT2D eigenvalue weighted by atomic mass is 19.4. The quantitative estimate of drug-likeness (QED) is 0.320. The van der Waals surface area contributed by atoms with E-state index in [1.165, 1.54) is 11.9 Å². The van der Waals surface area contributed by atoms with Crippen molar-refractivity contribution in [2.45, 2.75) is 58.8 Å². The number of piperidine rings is 1. The van der Waals surface area contributed by atoms with Gasteiger partial charge in [-0.15, -0.1) is 0 Å². The lowest BCUT2D eigenvalue weighted by Gasteiger charge is -2.40. The Hall–Kier alpha value is -3.07. The molecule has 0 aliphatic carbocycles. The Bertz CT molecular complexity index is 1190. The van der Waals surface area contributed by atoms with E-state index >= 15 is 0 Å². The monoisotopic (exact) mass is 504 g/mol. The summed E-state index contributed by atoms with van der Waals surface area (Å²) >= 11 is 0. The molecule has 3 atom stereocenters. The summed E-state index contributed by atoms with van der Waals surface area (Å²) in [6, 6.07) is 5.71. The minimum Gasteiger partial charge on any atom is -0.402 e. The van der Waals surface area contributed by atoms with Crippen LogP contribution in [0.1, 0.15) is 55.7 Å². The van der Waals surface area contributed by atoms with Gasteiger partial charge in [0, 0.05) is 40.5 Å². The molecule has 1 amide bonds. The number of hydrogen-bond acceptors (Lipinski definition) is 4. The van der Waals surface area contributed by atoms with E-state index in [-0.39, 0.29) is 30.8 Å². The molecule has 0 bridgehead atoms. The van der Waals surface area contributed by atoms with Crippen LogP contribution in [0.5, 0.6) is 0 Å². The smallest absolute Gasteiger partial charge is 0.402 e. The first kappa shape index (κ1) is 27.5. The van der Waals surface area contributed by atoms with Crippen molar-refractivity contribution in [3.63, 3.8) is 0 Å². The Labute approximate surface area is 210 Å². The summed E-state index contributed by atoms with van der Waals surface area (Å²) in [5.74, 6) is -0.538. The van der Waals surface area contributed by atoms with Crippen LogP contribution in [0.3, 0.4) is 0 Å². The second kappa shape index (κ2) is 10.9. The number of rotatable bonds is 7. The number of fused-ring (bicyclic) bond motifs is 1. The molecule has 0 radical (unpaired) electrons. The maximum absolute atomic E-state index is 13.6. The van der Waals surface area contributed by atoms with Gasteiger partial charge in [0.05, 0.1) is 5.56 Å². The van der Waals surface area contributed by atoms with Crippen molar-refractivity contribution in [3.05, 3.63) is 58.4 Å². The zero-order valence-electron chi connectivity index (χ0n) is 21.4. The molecule has 6 nitrogen and oxygen atoms in total. The number of aldehydes is 1. The molecule has 1 aromatic carbocycles. The van der Waals surface area contributed by atoms with Gasteiger partial charge in [-0.2, -0.15) is 13.2 Å². The highest BCUT2D eigenvalue weighted by Gasteiger charge is 2.46. The number of benzene rings is 1. The van der Waals surface area contributed by atoms with E-state index in [2.05, 4.69) is 5.32 Å². The lowest BCUT2D eigenvalue weighted by Crippen LogP contribution is -2.49. The van der Waals surface area contributed by atoms with Crippen molar-refractivity contribution in [3.8, 4) is 0 Å². The SMILES string of the molecule is C/C(N)=C/C(C)=C(\C=O)CNC(=O)c1c(C)n(C(C)C2CCN(C)C(C(F)(F)F)C2)c2ccccc12. The maximum atomic E-state index is 13.6. The van der Waals surface area contributed by atoms with Crippen LogP contribution in [0, 0.1) is 12.8 Å². The predicted molar refractivity (Wildman–Crippen MR) is 136 cm³/mol. The van der Waals surface area contributed by atoms with Gasteiger partial charge in [0.15, 0.2) is 0 Å². The van der Waals surface area contributed by atoms with Crippen LogP contribution in [0.25, 0.3) is 10.9 Å². The summed E-state index contributed by atoms with van der Waals surface area (Å²) in [6.07, 6.45) is -1.27. The molecule has 0 saturated carbocycles. The Morgan fingerprint density at radius 1 is 1.28 bits per heavy atom. The van der Waals surface area contributed by atoms with E-state index < -0.39 is 12.2 Å². The number of nitrogens with one attached hydrogen (secondary N) is 1. The molecule has 1 aliphatic rings. The van der Waals surface area contributed by atoms with Crippen molar-refractivity contribution in [2.75, 3.05) is 20.1 Å². The van der Waals surface area contributed by atoms with Gasteiger partial charge in [0.1, 0.15) is 12.3 Å². The lowest BCUT2D eigenvalue weighted by molar-refractivity contribution is -0.192. The van der Waals surface area contributed by atoms with Gasteiger partial charge < -0.3 is 15.6 Å². The normalized spacial score (nSPS) is 21.3. The van der Waals surface area contributed by atoms with Crippen LogP contribution in [-0.4, -0.2) is 54.0 Å². The van der Waals surface area contributed by atoms with Gasteiger partial charge in [-0.3, -0.25) is 14.5 Å². The van der Waals surface area contributed by atoms with E-state index in [1.807, 2.05) is 42.7 Å². The highest BCUT2D eigenvalue weighted by Crippen LogP contribution is 2.40. The highest BCUT2D eigenvalue weighted by molar-refractivity contribution is 6.08. The fraction of sp³-hybridized carbons (Fsp3) is 0.481. The molecule has 1 aliphatic heterocycles. The average Bonchev–Trinajstić information content (AvgIpc) is 3.09. The van der Waals surface area contributed by atoms with Gasteiger partial charge in [0.2, 0.25) is 0 Å². The number of alkyl halides is 3. The van der Waals surface area contributed by atoms with E-state index in [0.717, 1.165) is 10.9 Å². The Morgan fingerprint density at radius 2 is 1.94 bits per heavy atom. The van der Waals surface area contributed by atoms with Crippen molar-refractivity contribution in [2.24, 2.45) is 11.7 Å². The Kier molecular flexibility index (Phi) is 8.33.